The molecule has 0 bridgehead atoms. The number of carbonyl (C=O) groups is 1. The van der Waals surface area contributed by atoms with E-state index in [1.54, 1.807) is 10.9 Å². The number of carbonyl (C=O) groups excluding carboxylic acids is 1. The van der Waals surface area contributed by atoms with Crippen LogP contribution in [0.5, 0.6) is 0 Å². The second-order valence-electron chi connectivity index (χ2n) is 5.46. The summed E-state index contributed by atoms with van der Waals surface area (Å²) in [4.78, 5) is 14.4. The predicted octanol–water partition coefficient (Wildman–Crippen LogP) is 1.55. The Hall–Kier alpha value is -2.14. The molecule has 0 aliphatic carbocycles. The Morgan fingerprint density at radius 3 is 2.86 bits per heavy atom. The molecule has 0 saturated carbocycles. The van der Waals surface area contributed by atoms with Gasteiger partial charge in [-0.1, -0.05) is 0 Å². The van der Waals surface area contributed by atoms with Gasteiger partial charge in [-0.25, -0.2) is 4.68 Å². The molecule has 1 aromatic carbocycles. The van der Waals surface area contributed by atoms with Crippen molar-refractivity contribution in [3.8, 4) is 5.69 Å². The molecule has 110 valence electrons. The molecule has 1 fully saturated rings. The van der Waals surface area contributed by atoms with Gasteiger partial charge in [0, 0.05) is 31.0 Å². The SMILES string of the molecule is CNC[C@@H]1CCN(C(=O)c2ccc(-n3cccn3)cc2)C1. The van der Waals surface area contributed by atoms with Crippen LogP contribution in [0.2, 0.25) is 0 Å². The third-order valence-electron chi connectivity index (χ3n) is 3.95. The fourth-order valence-electron chi connectivity index (χ4n) is 2.83. The minimum absolute atomic E-state index is 0.126. The van der Waals surface area contributed by atoms with E-state index in [-0.39, 0.29) is 5.91 Å². The molecule has 5 heteroatoms. The highest BCUT2D eigenvalue weighted by atomic mass is 16.2. The Morgan fingerprint density at radius 1 is 1.38 bits per heavy atom. The van der Waals surface area contributed by atoms with Gasteiger partial charge >= 0.3 is 0 Å². The van der Waals surface area contributed by atoms with Crippen molar-refractivity contribution in [2.75, 3.05) is 26.7 Å². The van der Waals surface area contributed by atoms with Crippen molar-refractivity contribution in [2.45, 2.75) is 6.42 Å². The fourth-order valence-corrected chi connectivity index (χ4v) is 2.83. The van der Waals surface area contributed by atoms with Gasteiger partial charge in [0.25, 0.3) is 5.91 Å². The lowest BCUT2D eigenvalue weighted by molar-refractivity contribution is 0.0787. The van der Waals surface area contributed by atoms with Crippen LogP contribution in [0.15, 0.2) is 42.7 Å². The van der Waals surface area contributed by atoms with E-state index < -0.39 is 0 Å². The largest absolute Gasteiger partial charge is 0.338 e. The summed E-state index contributed by atoms with van der Waals surface area (Å²) in [6.45, 7) is 2.68. The summed E-state index contributed by atoms with van der Waals surface area (Å²) in [5.74, 6) is 0.697. The first-order chi connectivity index (χ1) is 10.3. The van der Waals surface area contributed by atoms with E-state index in [1.807, 2.05) is 48.5 Å². The van der Waals surface area contributed by atoms with Crippen molar-refractivity contribution >= 4 is 5.91 Å². The zero-order chi connectivity index (χ0) is 14.7. The number of aromatic nitrogens is 2. The summed E-state index contributed by atoms with van der Waals surface area (Å²) < 4.78 is 1.78. The number of rotatable bonds is 4. The maximum absolute atomic E-state index is 12.5. The molecule has 1 aliphatic heterocycles. The molecule has 2 aromatic rings. The maximum atomic E-state index is 12.5. The van der Waals surface area contributed by atoms with Crippen LogP contribution in [0.3, 0.4) is 0 Å². The molecular formula is C16H20N4O. The number of hydrogen-bond donors (Lipinski definition) is 1. The van der Waals surface area contributed by atoms with Gasteiger partial charge in [0.1, 0.15) is 0 Å². The maximum Gasteiger partial charge on any atom is 0.253 e. The summed E-state index contributed by atoms with van der Waals surface area (Å²) in [6, 6.07) is 9.50. The van der Waals surface area contributed by atoms with Gasteiger partial charge < -0.3 is 10.2 Å². The zero-order valence-electron chi connectivity index (χ0n) is 12.2. The molecule has 1 amide bonds. The highest BCUT2D eigenvalue weighted by molar-refractivity contribution is 5.94. The molecule has 21 heavy (non-hydrogen) atoms. The van der Waals surface area contributed by atoms with Crippen LogP contribution in [0.25, 0.3) is 5.69 Å². The quantitative estimate of drug-likeness (QED) is 0.927. The topological polar surface area (TPSA) is 50.2 Å². The Morgan fingerprint density at radius 2 is 2.19 bits per heavy atom. The molecule has 0 radical (unpaired) electrons. The lowest BCUT2D eigenvalue weighted by atomic mass is 10.1. The average Bonchev–Trinajstić information content (AvgIpc) is 3.19. The van der Waals surface area contributed by atoms with Crippen LogP contribution >= 0.6 is 0 Å². The van der Waals surface area contributed by atoms with Gasteiger partial charge in [0.2, 0.25) is 0 Å². The number of hydrogen-bond acceptors (Lipinski definition) is 3. The Bertz CT molecular complexity index is 591. The molecule has 1 atom stereocenters. The van der Waals surface area contributed by atoms with Crippen molar-refractivity contribution < 1.29 is 4.79 Å². The van der Waals surface area contributed by atoms with E-state index >= 15 is 0 Å². The van der Waals surface area contributed by atoms with E-state index in [2.05, 4.69) is 10.4 Å². The monoisotopic (exact) mass is 284 g/mol. The van der Waals surface area contributed by atoms with Crippen LogP contribution in [0.4, 0.5) is 0 Å². The number of amides is 1. The highest BCUT2D eigenvalue weighted by Gasteiger charge is 2.26. The molecule has 3 rings (SSSR count). The van der Waals surface area contributed by atoms with Gasteiger partial charge in [0.05, 0.1) is 5.69 Å². The van der Waals surface area contributed by atoms with E-state index in [0.717, 1.165) is 37.3 Å². The van der Waals surface area contributed by atoms with Crippen molar-refractivity contribution in [1.82, 2.24) is 20.0 Å². The van der Waals surface area contributed by atoms with E-state index in [9.17, 15) is 4.79 Å². The predicted molar refractivity (Wildman–Crippen MR) is 81.5 cm³/mol. The minimum atomic E-state index is 0.126. The van der Waals surface area contributed by atoms with E-state index in [1.165, 1.54) is 0 Å². The van der Waals surface area contributed by atoms with Gasteiger partial charge in [0.15, 0.2) is 0 Å². The molecule has 1 aliphatic rings. The third kappa shape index (κ3) is 2.97. The van der Waals surface area contributed by atoms with Crippen LogP contribution in [0, 0.1) is 5.92 Å². The first-order valence-electron chi connectivity index (χ1n) is 7.32. The lowest BCUT2D eigenvalue weighted by Gasteiger charge is -2.16. The molecule has 0 spiro atoms. The second-order valence-corrected chi connectivity index (χ2v) is 5.46. The van der Waals surface area contributed by atoms with Crippen molar-refractivity contribution in [3.05, 3.63) is 48.3 Å². The fraction of sp³-hybridized carbons (Fsp3) is 0.375. The Labute approximate surface area is 124 Å². The molecule has 0 unspecified atom stereocenters. The third-order valence-corrected chi connectivity index (χ3v) is 3.95. The molecule has 1 N–H and O–H groups in total. The normalized spacial score (nSPS) is 18.1. The number of nitrogens with one attached hydrogen (secondary N) is 1. The van der Waals surface area contributed by atoms with Crippen LogP contribution in [-0.2, 0) is 0 Å². The number of benzene rings is 1. The summed E-state index contributed by atoms with van der Waals surface area (Å²) in [5.41, 5.74) is 1.71. The van der Waals surface area contributed by atoms with Gasteiger partial charge in [-0.05, 0) is 56.3 Å². The van der Waals surface area contributed by atoms with Gasteiger partial charge in [-0.2, -0.15) is 5.10 Å². The Balaban J connectivity index is 1.68. The van der Waals surface area contributed by atoms with Crippen molar-refractivity contribution in [2.24, 2.45) is 5.92 Å². The van der Waals surface area contributed by atoms with Crippen molar-refractivity contribution in [3.63, 3.8) is 0 Å². The van der Waals surface area contributed by atoms with Crippen LogP contribution in [0.1, 0.15) is 16.8 Å². The van der Waals surface area contributed by atoms with Crippen molar-refractivity contribution in [1.29, 1.82) is 0 Å². The Kier molecular flexibility index (Phi) is 4.01. The number of likely N-dealkylation sites (tertiary alicyclic amines) is 1. The molecule has 1 aromatic heterocycles. The minimum Gasteiger partial charge on any atom is -0.338 e. The standard InChI is InChI=1S/C16H20N4O/c1-17-11-13-7-10-19(12-13)16(21)14-3-5-15(6-4-14)20-9-2-8-18-20/h2-6,8-9,13,17H,7,10-12H2,1H3/t13-/m0/s1. The second kappa shape index (κ2) is 6.10. The molecule has 2 heterocycles. The molecule has 5 nitrogen and oxygen atoms in total. The van der Waals surface area contributed by atoms with Crippen LogP contribution in [-0.4, -0.2) is 47.3 Å². The van der Waals surface area contributed by atoms with Gasteiger partial charge in [-0.15, -0.1) is 0 Å². The summed E-state index contributed by atoms with van der Waals surface area (Å²) in [6.07, 6.45) is 4.71. The summed E-state index contributed by atoms with van der Waals surface area (Å²) >= 11 is 0. The van der Waals surface area contributed by atoms with Crippen LogP contribution < -0.4 is 5.32 Å². The summed E-state index contributed by atoms with van der Waals surface area (Å²) in [7, 11) is 1.96. The van der Waals surface area contributed by atoms with E-state index in [0.29, 0.717) is 5.92 Å². The molecule has 1 saturated heterocycles. The highest BCUT2D eigenvalue weighted by Crippen LogP contribution is 2.19. The lowest BCUT2D eigenvalue weighted by Crippen LogP contribution is -2.30. The zero-order valence-corrected chi connectivity index (χ0v) is 12.2. The van der Waals surface area contributed by atoms with E-state index in [4.69, 9.17) is 0 Å². The first-order valence-corrected chi connectivity index (χ1v) is 7.32. The van der Waals surface area contributed by atoms with Gasteiger partial charge in [-0.3, -0.25) is 4.79 Å². The molecular weight excluding hydrogens is 264 g/mol. The average molecular weight is 284 g/mol. The smallest absolute Gasteiger partial charge is 0.253 e. The summed E-state index contributed by atoms with van der Waals surface area (Å²) in [5, 5.41) is 7.37. The number of nitrogens with zero attached hydrogens (tertiary/aromatic N) is 3. The first kappa shape index (κ1) is 13.8.